The fourth-order valence-electron chi connectivity index (χ4n) is 1.88. The van der Waals surface area contributed by atoms with Crippen LogP contribution in [0, 0.1) is 6.92 Å². The number of hydrogen-bond acceptors (Lipinski definition) is 6. The van der Waals surface area contributed by atoms with Crippen molar-refractivity contribution in [3.63, 3.8) is 0 Å². The molecule has 0 unspecified atom stereocenters. The number of thiazole rings is 1. The lowest BCUT2D eigenvalue weighted by atomic mass is 10.1. The Morgan fingerprint density at radius 1 is 1.24 bits per heavy atom. The Hall–Kier alpha value is -2.18. The number of benzene rings is 1. The molecule has 0 amide bonds. The second-order valence-electron chi connectivity index (χ2n) is 4.45. The highest BCUT2D eigenvalue weighted by Crippen LogP contribution is 2.34. The van der Waals surface area contributed by atoms with Crippen molar-refractivity contribution in [2.45, 2.75) is 6.92 Å². The Balaban J connectivity index is 2.20. The van der Waals surface area contributed by atoms with E-state index < -0.39 is 0 Å². The molecule has 2 aromatic heterocycles. The molecular weight excluding hydrogens is 308 g/mol. The van der Waals surface area contributed by atoms with Gasteiger partial charge in [0.25, 0.3) is 0 Å². The van der Waals surface area contributed by atoms with Gasteiger partial charge in [-0.3, -0.25) is 4.98 Å². The minimum atomic E-state index is 0.0236. The van der Waals surface area contributed by atoms with Crippen LogP contribution >= 0.6 is 22.9 Å². The summed E-state index contributed by atoms with van der Waals surface area (Å²) in [5, 5.41) is 12.5. The Morgan fingerprint density at radius 3 is 2.71 bits per heavy atom. The van der Waals surface area contributed by atoms with Crippen LogP contribution < -0.4 is 5.73 Å². The molecule has 3 aromatic rings. The molecule has 7 heteroatoms. The van der Waals surface area contributed by atoms with Gasteiger partial charge in [0.2, 0.25) is 0 Å². The third kappa shape index (κ3) is 2.68. The van der Waals surface area contributed by atoms with Crippen LogP contribution in [0.15, 0.2) is 29.8 Å². The number of phenols is 1. The van der Waals surface area contributed by atoms with E-state index in [4.69, 9.17) is 17.3 Å². The summed E-state index contributed by atoms with van der Waals surface area (Å²) in [5.41, 5.74) is 8.63. The molecule has 0 aliphatic rings. The monoisotopic (exact) mass is 318 g/mol. The van der Waals surface area contributed by atoms with E-state index in [0.717, 1.165) is 16.3 Å². The van der Waals surface area contributed by atoms with E-state index in [9.17, 15) is 5.11 Å². The predicted molar refractivity (Wildman–Crippen MR) is 84.4 cm³/mol. The van der Waals surface area contributed by atoms with Crippen LogP contribution in [0.1, 0.15) is 5.69 Å². The zero-order valence-electron chi connectivity index (χ0n) is 11.0. The summed E-state index contributed by atoms with van der Waals surface area (Å²) in [4.78, 5) is 13.1. The Bertz CT molecular complexity index is 818. The summed E-state index contributed by atoms with van der Waals surface area (Å²) in [6.45, 7) is 1.91. The van der Waals surface area contributed by atoms with Crippen molar-refractivity contribution in [1.29, 1.82) is 0 Å². The van der Waals surface area contributed by atoms with Gasteiger partial charge in [0.15, 0.2) is 0 Å². The minimum Gasteiger partial charge on any atom is -0.506 e. The van der Waals surface area contributed by atoms with Gasteiger partial charge < -0.3 is 10.8 Å². The molecule has 106 valence electrons. The highest BCUT2D eigenvalue weighted by atomic mass is 35.5. The summed E-state index contributed by atoms with van der Waals surface area (Å²) in [5.74, 6) is 0.349. The Kier molecular flexibility index (Phi) is 3.48. The molecule has 21 heavy (non-hydrogen) atoms. The van der Waals surface area contributed by atoms with E-state index in [-0.39, 0.29) is 10.8 Å². The van der Waals surface area contributed by atoms with Crippen LogP contribution in [0.25, 0.3) is 22.0 Å². The van der Waals surface area contributed by atoms with E-state index in [2.05, 4.69) is 15.0 Å². The van der Waals surface area contributed by atoms with Crippen molar-refractivity contribution in [2.75, 3.05) is 5.73 Å². The van der Waals surface area contributed by atoms with Gasteiger partial charge in [0.1, 0.15) is 22.3 Å². The molecular formula is C14H11ClN4OS. The topological polar surface area (TPSA) is 84.9 Å². The fourth-order valence-corrected chi connectivity index (χ4v) is 2.85. The number of rotatable bonds is 2. The first-order valence-corrected chi connectivity index (χ1v) is 7.34. The number of aryl methyl sites for hydroxylation is 1. The minimum absolute atomic E-state index is 0.0236. The van der Waals surface area contributed by atoms with Crippen LogP contribution in [0.3, 0.4) is 0 Å². The SMILES string of the molecule is Cc1csc(-c2nc(N)cnc2-c2ccc(O)c(Cl)c2)n1. The third-order valence-electron chi connectivity index (χ3n) is 2.83. The number of aromatic hydroxyl groups is 1. The van der Waals surface area contributed by atoms with Crippen molar-refractivity contribution in [2.24, 2.45) is 0 Å². The molecule has 3 N–H and O–H groups in total. The predicted octanol–water partition coefficient (Wildman–Crippen LogP) is 3.52. The first-order valence-electron chi connectivity index (χ1n) is 6.08. The third-order valence-corrected chi connectivity index (χ3v) is 4.10. The molecule has 0 spiro atoms. The van der Waals surface area contributed by atoms with Gasteiger partial charge in [-0.25, -0.2) is 9.97 Å². The molecule has 2 heterocycles. The van der Waals surface area contributed by atoms with Crippen LogP contribution in [0.5, 0.6) is 5.75 Å². The van der Waals surface area contributed by atoms with E-state index in [1.54, 1.807) is 12.1 Å². The van der Waals surface area contributed by atoms with Gasteiger partial charge in [0, 0.05) is 16.6 Å². The van der Waals surface area contributed by atoms with Crippen molar-refractivity contribution >= 4 is 28.8 Å². The lowest BCUT2D eigenvalue weighted by Crippen LogP contribution is -1.98. The van der Waals surface area contributed by atoms with Gasteiger partial charge in [-0.2, -0.15) is 0 Å². The van der Waals surface area contributed by atoms with E-state index in [0.29, 0.717) is 17.2 Å². The van der Waals surface area contributed by atoms with Crippen LogP contribution in [-0.2, 0) is 0 Å². The molecule has 0 saturated heterocycles. The lowest BCUT2D eigenvalue weighted by Gasteiger charge is -2.07. The zero-order chi connectivity index (χ0) is 15.0. The standard InChI is InChI=1S/C14H11ClN4OS/c1-7-6-21-14(18-7)13-12(17-5-11(16)19-13)8-2-3-10(20)9(15)4-8/h2-6,20H,1H3,(H2,16,19). The van der Waals surface area contributed by atoms with Crippen molar-refractivity contribution < 1.29 is 5.11 Å². The maximum absolute atomic E-state index is 9.53. The van der Waals surface area contributed by atoms with Crippen LogP contribution in [-0.4, -0.2) is 20.1 Å². The molecule has 3 rings (SSSR count). The number of hydrogen-bond donors (Lipinski definition) is 2. The van der Waals surface area contributed by atoms with Crippen LogP contribution in [0.2, 0.25) is 5.02 Å². The van der Waals surface area contributed by atoms with E-state index >= 15 is 0 Å². The highest BCUT2D eigenvalue weighted by molar-refractivity contribution is 7.13. The van der Waals surface area contributed by atoms with Gasteiger partial charge in [0.05, 0.1) is 16.9 Å². The van der Waals surface area contributed by atoms with Gasteiger partial charge in [-0.05, 0) is 25.1 Å². The fraction of sp³-hybridized carbons (Fsp3) is 0.0714. The maximum atomic E-state index is 9.53. The Morgan fingerprint density at radius 2 is 2.05 bits per heavy atom. The van der Waals surface area contributed by atoms with E-state index in [1.807, 2.05) is 12.3 Å². The number of aromatic nitrogens is 3. The van der Waals surface area contributed by atoms with Gasteiger partial charge in [-0.1, -0.05) is 11.6 Å². The summed E-state index contributed by atoms with van der Waals surface area (Å²) < 4.78 is 0. The molecule has 5 nitrogen and oxygen atoms in total. The summed E-state index contributed by atoms with van der Waals surface area (Å²) in [6, 6.07) is 4.89. The zero-order valence-corrected chi connectivity index (χ0v) is 12.6. The molecule has 0 atom stereocenters. The largest absolute Gasteiger partial charge is 0.506 e. The average Bonchev–Trinajstić information content (AvgIpc) is 2.88. The Labute approximate surface area is 130 Å². The van der Waals surface area contributed by atoms with E-state index in [1.165, 1.54) is 23.6 Å². The highest BCUT2D eigenvalue weighted by Gasteiger charge is 2.15. The molecule has 0 aliphatic carbocycles. The van der Waals surface area contributed by atoms with Crippen molar-refractivity contribution in [3.05, 3.63) is 40.5 Å². The van der Waals surface area contributed by atoms with Crippen LogP contribution in [0.4, 0.5) is 5.82 Å². The summed E-state index contributed by atoms with van der Waals surface area (Å²) >= 11 is 7.44. The number of nitrogens with zero attached hydrogens (tertiary/aromatic N) is 3. The molecule has 0 bridgehead atoms. The lowest BCUT2D eigenvalue weighted by molar-refractivity contribution is 0.475. The maximum Gasteiger partial charge on any atom is 0.144 e. The summed E-state index contributed by atoms with van der Waals surface area (Å²) in [6.07, 6.45) is 1.49. The smallest absolute Gasteiger partial charge is 0.144 e. The quantitative estimate of drug-likeness (QED) is 0.755. The number of nitrogens with two attached hydrogens (primary N) is 1. The molecule has 0 fully saturated rings. The summed E-state index contributed by atoms with van der Waals surface area (Å²) in [7, 11) is 0. The van der Waals surface area contributed by atoms with Gasteiger partial charge >= 0.3 is 0 Å². The normalized spacial score (nSPS) is 10.8. The average molecular weight is 319 g/mol. The second kappa shape index (κ2) is 5.31. The first kappa shape index (κ1) is 13.8. The van der Waals surface area contributed by atoms with Crippen molar-refractivity contribution in [1.82, 2.24) is 15.0 Å². The number of nitrogen functional groups attached to an aromatic ring is 1. The molecule has 1 aromatic carbocycles. The number of anilines is 1. The molecule has 0 aliphatic heterocycles. The molecule has 0 radical (unpaired) electrons. The number of halogens is 1. The second-order valence-corrected chi connectivity index (χ2v) is 5.72. The van der Waals surface area contributed by atoms with Gasteiger partial charge in [-0.15, -0.1) is 11.3 Å². The molecule has 0 saturated carbocycles. The van der Waals surface area contributed by atoms with Crippen molar-refractivity contribution in [3.8, 4) is 27.7 Å². The number of phenolic OH excluding ortho intramolecular Hbond substituents is 1. The first-order chi connectivity index (χ1) is 10.0.